The molecule has 0 aliphatic carbocycles. The molecule has 0 bridgehead atoms. The van der Waals surface area contributed by atoms with E-state index in [-0.39, 0.29) is 0 Å². The molecule has 0 heterocycles. The molecular weight excluding hydrogens is 522 g/mol. The van der Waals surface area contributed by atoms with E-state index in [9.17, 15) is 0 Å². The predicted molar refractivity (Wildman–Crippen MR) is 119 cm³/mol. The van der Waals surface area contributed by atoms with Gasteiger partial charge in [0.15, 0.2) is 0 Å². The van der Waals surface area contributed by atoms with Gasteiger partial charge in [-0.3, -0.25) is 4.99 Å². The van der Waals surface area contributed by atoms with Crippen molar-refractivity contribution in [2.24, 2.45) is 4.99 Å². The van der Waals surface area contributed by atoms with Gasteiger partial charge >= 0.3 is 0 Å². The van der Waals surface area contributed by atoms with Crippen molar-refractivity contribution >= 4 is 59.7 Å². The van der Waals surface area contributed by atoms with Crippen LogP contribution in [0.3, 0.4) is 0 Å². The Bertz CT molecular complexity index is 919. The molecular formula is C21H16Br3NO. The van der Waals surface area contributed by atoms with Crippen molar-refractivity contribution in [3.8, 4) is 5.75 Å². The van der Waals surface area contributed by atoms with Gasteiger partial charge in [-0.15, -0.1) is 0 Å². The van der Waals surface area contributed by atoms with Gasteiger partial charge in [-0.05, 0) is 64.8 Å². The van der Waals surface area contributed by atoms with Crippen LogP contribution in [0.4, 0.5) is 5.69 Å². The van der Waals surface area contributed by atoms with Crippen LogP contribution < -0.4 is 4.74 Å². The zero-order valence-corrected chi connectivity index (χ0v) is 18.8. The van der Waals surface area contributed by atoms with E-state index in [0.717, 1.165) is 36.0 Å². The fourth-order valence-corrected chi connectivity index (χ4v) is 3.98. The lowest BCUT2D eigenvalue weighted by atomic mass is 10.2. The van der Waals surface area contributed by atoms with Gasteiger partial charge in [-0.25, -0.2) is 0 Å². The molecule has 26 heavy (non-hydrogen) atoms. The molecule has 0 saturated carbocycles. The number of hydrogen-bond donors (Lipinski definition) is 0. The van der Waals surface area contributed by atoms with Crippen LogP contribution in [0.2, 0.25) is 0 Å². The molecule has 0 aliphatic heterocycles. The summed E-state index contributed by atoms with van der Waals surface area (Å²) in [6.07, 6.45) is 1.83. The lowest BCUT2D eigenvalue weighted by Crippen LogP contribution is -1.99. The van der Waals surface area contributed by atoms with Gasteiger partial charge in [-0.1, -0.05) is 61.7 Å². The minimum absolute atomic E-state index is 0.485. The van der Waals surface area contributed by atoms with Crippen molar-refractivity contribution in [1.82, 2.24) is 0 Å². The molecule has 0 radical (unpaired) electrons. The quantitative estimate of drug-likeness (QED) is 0.307. The zero-order valence-electron chi connectivity index (χ0n) is 14.0. The van der Waals surface area contributed by atoms with Crippen molar-refractivity contribution in [1.29, 1.82) is 0 Å². The maximum absolute atomic E-state index is 6.08. The lowest BCUT2D eigenvalue weighted by Gasteiger charge is -2.12. The van der Waals surface area contributed by atoms with Gasteiger partial charge in [0.05, 0.1) is 10.2 Å². The molecule has 3 rings (SSSR count). The van der Waals surface area contributed by atoms with Crippen LogP contribution in [0.5, 0.6) is 5.75 Å². The molecule has 0 unspecified atom stereocenters. The first-order chi connectivity index (χ1) is 12.5. The second kappa shape index (κ2) is 8.98. The Labute approximate surface area is 178 Å². The van der Waals surface area contributed by atoms with Crippen molar-refractivity contribution < 1.29 is 4.74 Å². The molecule has 132 valence electrons. The molecule has 0 N–H and O–H groups in total. The van der Waals surface area contributed by atoms with E-state index < -0.39 is 0 Å². The topological polar surface area (TPSA) is 21.6 Å². The van der Waals surface area contributed by atoms with E-state index in [4.69, 9.17) is 4.74 Å². The first-order valence-corrected chi connectivity index (χ1v) is 10.4. The third kappa shape index (κ3) is 5.29. The van der Waals surface area contributed by atoms with Gasteiger partial charge in [0, 0.05) is 20.7 Å². The van der Waals surface area contributed by atoms with Gasteiger partial charge in [-0.2, -0.15) is 0 Å². The molecule has 0 spiro atoms. The van der Waals surface area contributed by atoms with E-state index >= 15 is 0 Å². The molecule has 3 aromatic carbocycles. The largest absolute Gasteiger partial charge is 0.487 e. The molecule has 5 heteroatoms. The smallest absolute Gasteiger partial charge is 0.142 e. The summed E-state index contributed by atoms with van der Waals surface area (Å²) in [4.78, 5) is 4.57. The van der Waals surface area contributed by atoms with Crippen molar-refractivity contribution in [3.05, 3.63) is 90.8 Å². The van der Waals surface area contributed by atoms with Crippen LogP contribution >= 0.6 is 47.8 Å². The van der Waals surface area contributed by atoms with E-state index in [1.807, 2.05) is 54.7 Å². The van der Waals surface area contributed by atoms with Crippen LogP contribution in [0.25, 0.3) is 0 Å². The number of rotatable bonds is 5. The summed E-state index contributed by atoms with van der Waals surface area (Å²) < 4.78 is 8.98. The number of benzene rings is 3. The normalized spacial score (nSPS) is 11.1. The Morgan fingerprint density at radius 3 is 2.27 bits per heavy atom. The van der Waals surface area contributed by atoms with Gasteiger partial charge in [0.2, 0.25) is 0 Å². The Kier molecular flexibility index (Phi) is 6.68. The SMILES string of the molecule is Cc1ccc(N=Cc2cc(Br)cc(Br)c2OCc2ccc(Br)cc2)cc1. The maximum Gasteiger partial charge on any atom is 0.142 e. The highest BCUT2D eigenvalue weighted by molar-refractivity contribution is 9.11. The summed E-state index contributed by atoms with van der Waals surface area (Å²) in [5, 5.41) is 0. The third-order valence-electron chi connectivity index (χ3n) is 3.72. The molecule has 0 fully saturated rings. The Hall–Kier alpha value is -1.43. The summed E-state index contributed by atoms with van der Waals surface area (Å²) in [5.41, 5.74) is 4.13. The Morgan fingerprint density at radius 2 is 1.58 bits per heavy atom. The summed E-state index contributed by atoms with van der Waals surface area (Å²) in [6, 6.07) is 20.2. The van der Waals surface area contributed by atoms with E-state index in [1.165, 1.54) is 5.56 Å². The highest BCUT2D eigenvalue weighted by Gasteiger charge is 2.09. The number of hydrogen-bond acceptors (Lipinski definition) is 2. The molecule has 0 aromatic heterocycles. The number of nitrogens with zero attached hydrogens (tertiary/aromatic N) is 1. The highest BCUT2D eigenvalue weighted by atomic mass is 79.9. The Morgan fingerprint density at radius 1 is 0.885 bits per heavy atom. The highest BCUT2D eigenvalue weighted by Crippen LogP contribution is 2.33. The monoisotopic (exact) mass is 535 g/mol. The van der Waals surface area contributed by atoms with Gasteiger partial charge in [0.1, 0.15) is 12.4 Å². The molecule has 0 amide bonds. The van der Waals surface area contributed by atoms with E-state index in [1.54, 1.807) is 0 Å². The molecule has 0 atom stereocenters. The summed E-state index contributed by atoms with van der Waals surface area (Å²) in [6.45, 7) is 2.55. The number of aliphatic imine (C=N–C) groups is 1. The van der Waals surface area contributed by atoms with Crippen LogP contribution in [0, 0.1) is 6.92 Å². The fraction of sp³-hybridized carbons (Fsp3) is 0.0952. The minimum atomic E-state index is 0.485. The van der Waals surface area contributed by atoms with Crippen LogP contribution in [0.1, 0.15) is 16.7 Å². The summed E-state index contributed by atoms with van der Waals surface area (Å²) in [5.74, 6) is 0.770. The fourth-order valence-electron chi connectivity index (χ4n) is 2.34. The minimum Gasteiger partial charge on any atom is -0.487 e. The first kappa shape index (κ1) is 19.3. The summed E-state index contributed by atoms with van der Waals surface area (Å²) in [7, 11) is 0. The maximum atomic E-state index is 6.08. The van der Waals surface area contributed by atoms with Gasteiger partial charge < -0.3 is 4.74 Å². The van der Waals surface area contributed by atoms with Gasteiger partial charge in [0.25, 0.3) is 0 Å². The van der Waals surface area contributed by atoms with Crippen LogP contribution in [-0.2, 0) is 6.61 Å². The van der Waals surface area contributed by atoms with Crippen LogP contribution in [-0.4, -0.2) is 6.21 Å². The Balaban J connectivity index is 1.84. The molecule has 0 saturated heterocycles. The number of halogens is 3. The molecule has 2 nitrogen and oxygen atoms in total. The van der Waals surface area contributed by atoms with E-state index in [0.29, 0.717) is 6.61 Å². The predicted octanol–water partition coefficient (Wildman–Crippen LogP) is 7.61. The first-order valence-electron chi connectivity index (χ1n) is 7.98. The second-order valence-corrected chi connectivity index (χ2v) is 8.50. The van der Waals surface area contributed by atoms with Crippen LogP contribution in [0.15, 0.2) is 79.1 Å². The average molecular weight is 538 g/mol. The number of ether oxygens (including phenoxy) is 1. The lowest BCUT2D eigenvalue weighted by molar-refractivity contribution is 0.304. The van der Waals surface area contributed by atoms with Crippen molar-refractivity contribution in [3.63, 3.8) is 0 Å². The standard InChI is InChI=1S/C21H16Br3NO/c1-14-2-8-19(9-3-14)25-12-16-10-18(23)11-20(24)21(16)26-13-15-4-6-17(22)7-5-15/h2-12H,13H2,1H3. The van der Waals surface area contributed by atoms with Crippen molar-refractivity contribution in [2.75, 3.05) is 0 Å². The summed E-state index contributed by atoms with van der Waals surface area (Å²) >= 11 is 10.6. The van der Waals surface area contributed by atoms with Crippen molar-refractivity contribution in [2.45, 2.75) is 13.5 Å². The zero-order chi connectivity index (χ0) is 18.5. The molecule has 0 aliphatic rings. The number of aryl methyl sites for hydroxylation is 1. The average Bonchev–Trinajstić information content (AvgIpc) is 2.62. The second-order valence-electron chi connectivity index (χ2n) is 5.81. The molecule has 3 aromatic rings. The van der Waals surface area contributed by atoms with E-state index in [2.05, 4.69) is 71.8 Å². The third-order valence-corrected chi connectivity index (χ3v) is 5.30.